The van der Waals surface area contributed by atoms with Gasteiger partial charge in [0.05, 0.1) is 11.6 Å². The third-order valence-electron chi connectivity index (χ3n) is 2.93. The molecule has 104 valence electrons. The molecule has 2 rings (SSSR count). The van der Waals surface area contributed by atoms with Crippen molar-refractivity contribution in [1.82, 2.24) is 9.80 Å². The predicted octanol–water partition coefficient (Wildman–Crippen LogP) is 1.33. The van der Waals surface area contributed by atoms with E-state index in [1.807, 2.05) is 0 Å². The number of nitrogens with zero attached hydrogens (tertiary/aromatic N) is 2. The molecule has 1 aliphatic heterocycles. The number of rotatable bonds is 4. The quantitative estimate of drug-likeness (QED) is 0.477. The highest BCUT2D eigenvalue weighted by molar-refractivity contribution is 6.45. The second-order valence-corrected chi connectivity index (χ2v) is 4.53. The fraction of sp³-hybridized carbons (Fsp3) is 0.231. The first-order valence-electron chi connectivity index (χ1n) is 5.92. The van der Waals surface area contributed by atoms with E-state index in [-0.39, 0.29) is 17.1 Å². The smallest absolute Gasteiger partial charge is 0.292 e. The average molecular weight is 295 g/mol. The number of ketones is 1. The summed E-state index contributed by atoms with van der Waals surface area (Å²) in [5, 5.41) is 0.232. The van der Waals surface area contributed by atoms with Gasteiger partial charge in [-0.15, -0.1) is 0 Å². The lowest BCUT2D eigenvalue weighted by Gasteiger charge is -2.13. The van der Waals surface area contributed by atoms with E-state index >= 15 is 0 Å². The Hall–Kier alpha value is -2.21. The molecule has 1 aromatic rings. The first-order chi connectivity index (χ1) is 9.47. The summed E-state index contributed by atoms with van der Waals surface area (Å²) in [5.41, 5.74) is 0.206. The Morgan fingerprint density at radius 2 is 1.70 bits per heavy atom. The number of Topliss-reactive ketones (excluding diaryl/α,β-unsaturated/α-hetero) is 1. The standard InChI is InChI=1S/C13H11ClN2O4/c1-2-15-11(18)12(19)16(13(15)20)7-10(17)8-5-3-4-6-9(8)14/h3-6H,2,7H2,1H3. The highest BCUT2D eigenvalue weighted by Gasteiger charge is 2.44. The summed E-state index contributed by atoms with van der Waals surface area (Å²) in [6, 6.07) is 5.54. The van der Waals surface area contributed by atoms with E-state index in [1.165, 1.54) is 12.1 Å². The van der Waals surface area contributed by atoms with Gasteiger partial charge in [0.15, 0.2) is 5.78 Å². The van der Waals surface area contributed by atoms with Crippen LogP contribution in [-0.2, 0) is 9.59 Å². The van der Waals surface area contributed by atoms with Crippen molar-refractivity contribution in [2.24, 2.45) is 0 Å². The number of likely N-dealkylation sites (N-methyl/N-ethyl adjacent to an activating group) is 1. The molecule has 1 aliphatic rings. The summed E-state index contributed by atoms with van der Waals surface area (Å²) in [7, 11) is 0. The summed E-state index contributed by atoms with van der Waals surface area (Å²) in [6.45, 7) is 1.16. The molecule has 6 nitrogen and oxygen atoms in total. The second-order valence-electron chi connectivity index (χ2n) is 4.13. The van der Waals surface area contributed by atoms with Crippen molar-refractivity contribution < 1.29 is 19.2 Å². The van der Waals surface area contributed by atoms with Crippen molar-refractivity contribution in [3.63, 3.8) is 0 Å². The van der Waals surface area contributed by atoms with Gasteiger partial charge < -0.3 is 0 Å². The van der Waals surface area contributed by atoms with Crippen LogP contribution in [0.2, 0.25) is 5.02 Å². The lowest BCUT2D eigenvalue weighted by molar-refractivity contribution is -0.143. The van der Waals surface area contributed by atoms with Crippen LogP contribution >= 0.6 is 11.6 Å². The fourth-order valence-corrected chi connectivity index (χ4v) is 2.13. The molecule has 1 aromatic carbocycles. The zero-order valence-electron chi connectivity index (χ0n) is 10.6. The number of benzene rings is 1. The molecule has 1 fully saturated rings. The zero-order valence-corrected chi connectivity index (χ0v) is 11.4. The van der Waals surface area contributed by atoms with Gasteiger partial charge in [0.1, 0.15) is 0 Å². The molecule has 0 spiro atoms. The molecule has 20 heavy (non-hydrogen) atoms. The summed E-state index contributed by atoms with van der Waals surface area (Å²) < 4.78 is 0. The number of urea groups is 1. The molecule has 0 aliphatic carbocycles. The van der Waals surface area contributed by atoms with Gasteiger partial charge in [0.2, 0.25) is 0 Å². The lowest BCUT2D eigenvalue weighted by Crippen LogP contribution is -2.37. The molecule has 0 N–H and O–H groups in total. The molecule has 0 bridgehead atoms. The summed E-state index contributed by atoms with van der Waals surface area (Å²) >= 11 is 5.88. The van der Waals surface area contributed by atoms with Gasteiger partial charge in [-0.1, -0.05) is 23.7 Å². The highest BCUT2D eigenvalue weighted by atomic mass is 35.5. The fourth-order valence-electron chi connectivity index (χ4n) is 1.88. The minimum atomic E-state index is -0.989. The maximum Gasteiger partial charge on any atom is 0.334 e. The number of halogens is 1. The Morgan fingerprint density at radius 3 is 2.25 bits per heavy atom. The van der Waals surface area contributed by atoms with Crippen molar-refractivity contribution in [1.29, 1.82) is 0 Å². The maximum atomic E-state index is 12.1. The lowest BCUT2D eigenvalue weighted by atomic mass is 10.1. The van der Waals surface area contributed by atoms with Crippen molar-refractivity contribution in [2.45, 2.75) is 6.92 Å². The largest absolute Gasteiger partial charge is 0.334 e. The van der Waals surface area contributed by atoms with Crippen LogP contribution in [-0.4, -0.2) is 46.5 Å². The van der Waals surface area contributed by atoms with Crippen molar-refractivity contribution in [3.8, 4) is 0 Å². The molecule has 0 saturated carbocycles. The van der Waals surface area contributed by atoms with E-state index in [4.69, 9.17) is 11.6 Å². The number of amides is 4. The highest BCUT2D eigenvalue weighted by Crippen LogP contribution is 2.18. The molecule has 7 heteroatoms. The Kier molecular flexibility index (Phi) is 3.85. The third-order valence-corrected chi connectivity index (χ3v) is 3.26. The van der Waals surface area contributed by atoms with E-state index in [0.29, 0.717) is 4.90 Å². The minimum absolute atomic E-state index is 0.0835. The molecule has 0 atom stereocenters. The zero-order chi connectivity index (χ0) is 14.9. The normalized spacial score (nSPS) is 15.2. The predicted molar refractivity (Wildman–Crippen MR) is 70.3 cm³/mol. The Morgan fingerprint density at radius 1 is 1.10 bits per heavy atom. The monoisotopic (exact) mass is 294 g/mol. The SMILES string of the molecule is CCN1C(=O)C(=O)N(CC(=O)c2ccccc2Cl)C1=O. The van der Waals surface area contributed by atoms with Crippen LogP contribution in [0.15, 0.2) is 24.3 Å². The summed E-state index contributed by atoms with van der Waals surface area (Å²) in [5.74, 6) is -2.40. The Bertz CT molecular complexity index is 614. The molecular formula is C13H11ClN2O4. The molecule has 4 amide bonds. The van der Waals surface area contributed by atoms with Gasteiger partial charge in [0.25, 0.3) is 0 Å². The van der Waals surface area contributed by atoms with Crippen LogP contribution in [0.3, 0.4) is 0 Å². The van der Waals surface area contributed by atoms with Gasteiger partial charge >= 0.3 is 17.8 Å². The summed E-state index contributed by atoms with van der Waals surface area (Å²) in [4.78, 5) is 48.5. The second kappa shape index (κ2) is 5.42. The van der Waals surface area contributed by atoms with Crippen LogP contribution in [0.5, 0.6) is 0 Å². The number of carbonyl (C=O) groups excluding carboxylic acids is 4. The number of hydrogen-bond donors (Lipinski definition) is 0. The maximum absolute atomic E-state index is 12.1. The van der Waals surface area contributed by atoms with Crippen molar-refractivity contribution in [2.75, 3.05) is 13.1 Å². The van der Waals surface area contributed by atoms with Gasteiger partial charge in [-0.25, -0.2) is 9.69 Å². The molecule has 0 unspecified atom stereocenters. The van der Waals surface area contributed by atoms with Gasteiger partial charge in [-0.05, 0) is 19.1 Å². The van der Waals surface area contributed by atoms with Crippen LogP contribution < -0.4 is 0 Å². The van der Waals surface area contributed by atoms with E-state index < -0.39 is 30.2 Å². The van der Waals surface area contributed by atoms with Gasteiger partial charge in [-0.3, -0.25) is 19.3 Å². The number of imide groups is 2. The molecule has 1 saturated heterocycles. The third kappa shape index (κ3) is 2.30. The Balaban J connectivity index is 2.21. The first kappa shape index (κ1) is 14.2. The molecular weight excluding hydrogens is 284 g/mol. The summed E-state index contributed by atoms with van der Waals surface area (Å²) in [6.07, 6.45) is 0. The number of carbonyl (C=O) groups is 4. The van der Waals surface area contributed by atoms with Crippen LogP contribution in [0.4, 0.5) is 4.79 Å². The van der Waals surface area contributed by atoms with Gasteiger partial charge in [-0.2, -0.15) is 0 Å². The van der Waals surface area contributed by atoms with E-state index in [1.54, 1.807) is 19.1 Å². The van der Waals surface area contributed by atoms with Crippen molar-refractivity contribution in [3.05, 3.63) is 34.9 Å². The van der Waals surface area contributed by atoms with E-state index in [9.17, 15) is 19.2 Å². The number of hydrogen-bond acceptors (Lipinski definition) is 4. The topological polar surface area (TPSA) is 74.8 Å². The van der Waals surface area contributed by atoms with E-state index in [2.05, 4.69) is 0 Å². The van der Waals surface area contributed by atoms with Crippen LogP contribution in [0.1, 0.15) is 17.3 Å². The van der Waals surface area contributed by atoms with E-state index in [0.717, 1.165) is 4.90 Å². The van der Waals surface area contributed by atoms with Gasteiger partial charge in [0, 0.05) is 12.1 Å². The minimum Gasteiger partial charge on any atom is -0.292 e. The first-order valence-corrected chi connectivity index (χ1v) is 6.30. The molecule has 0 aromatic heterocycles. The average Bonchev–Trinajstić information content (AvgIpc) is 2.63. The van der Waals surface area contributed by atoms with Crippen molar-refractivity contribution >= 4 is 35.2 Å². The Labute approximate surface area is 119 Å². The molecule has 0 radical (unpaired) electrons. The van der Waals surface area contributed by atoms with Crippen LogP contribution in [0, 0.1) is 0 Å². The molecule has 1 heterocycles. The van der Waals surface area contributed by atoms with Crippen LogP contribution in [0.25, 0.3) is 0 Å².